The average Bonchev–Trinajstić information content (AvgIpc) is 3.68. The summed E-state index contributed by atoms with van der Waals surface area (Å²) in [5, 5.41) is 92.4. The molecule has 83 heavy (non-hydrogen) atoms. The van der Waals surface area contributed by atoms with E-state index < -0.39 is 52.4 Å². The number of pyridine rings is 4. The number of aromatic nitrogens is 4. The second-order valence-electron chi connectivity index (χ2n) is 19.9. The van der Waals surface area contributed by atoms with Gasteiger partial charge in [-0.05, 0) is 59.5 Å². The van der Waals surface area contributed by atoms with Crippen LogP contribution in [-0.2, 0) is 35.8 Å². The van der Waals surface area contributed by atoms with Gasteiger partial charge < -0.3 is 61.5 Å². The van der Waals surface area contributed by atoms with Gasteiger partial charge >= 0.3 is 28.5 Å². The number of nitrogens with one attached hydrogen (secondary N) is 4. The number of hydrogen-bond donors (Lipinski definition) is 12. The minimum atomic E-state index is -1.81. The highest BCUT2D eigenvalue weighted by molar-refractivity contribution is 6.60. The standard InChI is InChI=1S/C59H58B4N8O12/c1-40(2)56(72)64-24-13-25-65-59(75)55(66-57(73)49-28-47(36-70(38-49)34-45-16-5-9-22-53(45)62(80)81)41-18-11-26-68(30-41)32-43-14-3-7-20-51(43)60(76)77)67-58(74)50-29-48(37-71(39-50)35-46-17-6-10-23-54(46)63(82)83)42-19-12-27-69(31-42)33-44-15-4-8-21-52(44)61(78)79/h3-12,14-23,26-31,36-39,55,76-83H,1,13,24-25,32-35H2,2H3/p+4. The molecule has 0 saturated heterocycles. The van der Waals surface area contributed by atoms with Crippen LogP contribution in [0.3, 0.4) is 0 Å². The van der Waals surface area contributed by atoms with Crippen molar-refractivity contribution in [2.24, 2.45) is 0 Å². The lowest BCUT2D eigenvalue weighted by Crippen LogP contribution is -2.57. The summed E-state index contributed by atoms with van der Waals surface area (Å²) in [5.74, 6) is -2.77. The molecule has 0 bridgehead atoms. The predicted molar refractivity (Wildman–Crippen MR) is 310 cm³/mol. The van der Waals surface area contributed by atoms with Crippen LogP contribution in [0.25, 0.3) is 22.3 Å². The fourth-order valence-electron chi connectivity index (χ4n) is 9.46. The molecule has 4 aromatic heterocycles. The van der Waals surface area contributed by atoms with Crippen molar-refractivity contribution in [3.8, 4) is 22.3 Å². The normalized spacial score (nSPS) is 10.9. The van der Waals surface area contributed by atoms with E-state index in [4.69, 9.17) is 0 Å². The van der Waals surface area contributed by atoms with Crippen LogP contribution in [0.1, 0.15) is 56.3 Å². The summed E-state index contributed by atoms with van der Waals surface area (Å²) in [5.41, 5.74) is 6.09. The van der Waals surface area contributed by atoms with Gasteiger partial charge in [0.05, 0.1) is 22.3 Å². The molecule has 24 heteroatoms. The summed E-state index contributed by atoms with van der Waals surface area (Å²) in [6.07, 6.45) is 12.3. The van der Waals surface area contributed by atoms with Crippen LogP contribution in [0.4, 0.5) is 0 Å². The molecule has 0 spiro atoms. The first-order valence-corrected chi connectivity index (χ1v) is 26.6. The fraction of sp³-hybridized carbons (Fsp3) is 0.153. The van der Waals surface area contributed by atoms with Crippen LogP contribution >= 0.6 is 0 Å². The van der Waals surface area contributed by atoms with E-state index in [9.17, 15) is 59.4 Å². The van der Waals surface area contributed by atoms with E-state index >= 15 is 0 Å². The van der Waals surface area contributed by atoms with Crippen molar-refractivity contribution < 1.29 is 77.6 Å². The first-order valence-electron chi connectivity index (χ1n) is 26.6. The van der Waals surface area contributed by atoms with E-state index in [1.807, 2.05) is 33.7 Å². The molecule has 0 aliphatic carbocycles. The molecule has 0 saturated carbocycles. The van der Waals surface area contributed by atoms with Gasteiger partial charge in [-0.3, -0.25) is 19.2 Å². The van der Waals surface area contributed by atoms with Crippen LogP contribution in [0.15, 0.2) is 195 Å². The van der Waals surface area contributed by atoms with E-state index in [0.29, 0.717) is 61.0 Å². The monoisotopic (exact) mass is 1120 g/mol. The Labute approximate surface area is 480 Å². The number of hydrogen-bond acceptors (Lipinski definition) is 12. The van der Waals surface area contributed by atoms with Gasteiger partial charge in [0.15, 0.2) is 81.9 Å². The molecule has 4 heterocycles. The second-order valence-corrected chi connectivity index (χ2v) is 19.9. The second kappa shape index (κ2) is 28.2. The van der Waals surface area contributed by atoms with Crippen molar-refractivity contribution in [2.75, 3.05) is 13.1 Å². The molecule has 4 amide bonds. The van der Waals surface area contributed by atoms with E-state index in [0.717, 1.165) is 0 Å². The smallest absolute Gasteiger partial charge is 0.423 e. The summed E-state index contributed by atoms with van der Waals surface area (Å²) in [4.78, 5) is 56.3. The summed E-state index contributed by atoms with van der Waals surface area (Å²) >= 11 is 0. The molecule has 0 fully saturated rings. The van der Waals surface area contributed by atoms with E-state index in [-0.39, 0.29) is 73.6 Å². The Bertz CT molecular complexity index is 3460. The van der Waals surface area contributed by atoms with Gasteiger partial charge in [-0.2, -0.15) is 9.13 Å². The average molecular weight is 1120 g/mol. The molecular formula is C59H62B4N8O12+4. The molecule has 418 valence electrons. The van der Waals surface area contributed by atoms with Crippen molar-refractivity contribution >= 4 is 74.0 Å². The molecular weight excluding hydrogens is 1060 g/mol. The Morgan fingerprint density at radius 3 is 1.14 bits per heavy atom. The Hall–Kier alpha value is -8.96. The highest BCUT2D eigenvalue weighted by atomic mass is 16.4. The highest BCUT2D eigenvalue weighted by Crippen LogP contribution is 2.20. The Kier molecular flexibility index (Phi) is 20.4. The van der Waals surface area contributed by atoms with Crippen molar-refractivity contribution in [3.63, 3.8) is 0 Å². The van der Waals surface area contributed by atoms with Gasteiger partial charge in [-0.15, -0.1) is 0 Å². The minimum absolute atomic E-state index is 0.0141. The van der Waals surface area contributed by atoms with Gasteiger partial charge in [0.1, 0.15) is 11.1 Å². The number of carbonyl (C=O) groups excluding carboxylic acids is 4. The molecule has 0 radical (unpaired) electrons. The van der Waals surface area contributed by atoms with Crippen molar-refractivity contribution in [1.82, 2.24) is 21.3 Å². The maximum atomic E-state index is 14.9. The first kappa shape index (κ1) is 60.1. The molecule has 8 aromatic rings. The van der Waals surface area contributed by atoms with E-state index in [1.165, 1.54) is 12.4 Å². The summed E-state index contributed by atoms with van der Waals surface area (Å²) in [6, 6.07) is 37.5. The zero-order chi connectivity index (χ0) is 59.2. The van der Waals surface area contributed by atoms with Gasteiger partial charge in [0.25, 0.3) is 17.7 Å². The SMILES string of the molecule is C=C(C)C(=O)NCCCNC(=O)C(NC(=O)c1cc(-c2ccc[n+](Cc3ccccc3B(O)O)c2)c[n+](Cc2ccccc2B(O)O)c1)NC(=O)c1cc(-c2ccc[n+](Cc3ccccc3B(O)O)c2)c[n+](Cc2ccccc2B(O)O)c1. The molecule has 20 nitrogen and oxygen atoms in total. The van der Waals surface area contributed by atoms with Gasteiger partial charge in [0, 0.05) is 53.0 Å². The topological polar surface area (TPSA) is 294 Å². The Balaban J connectivity index is 1.16. The summed E-state index contributed by atoms with van der Waals surface area (Å²) < 4.78 is 7.01. The number of amides is 4. The maximum Gasteiger partial charge on any atom is 0.488 e. The maximum absolute atomic E-state index is 14.9. The number of rotatable bonds is 24. The zero-order valence-corrected chi connectivity index (χ0v) is 45.4. The highest BCUT2D eigenvalue weighted by Gasteiger charge is 2.29. The van der Waals surface area contributed by atoms with E-state index in [2.05, 4.69) is 27.8 Å². The van der Waals surface area contributed by atoms with Crippen LogP contribution in [0.5, 0.6) is 0 Å². The molecule has 0 aliphatic rings. The third kappa shape index (κ3) is 16.2. The number of nitrogens with zero attached hydrogens (tertiary/aromatic N) is 4. The number of benzene rings is 4. The summed E-state index contributed by atoms with van der Waals surface area (Å²) in [6.45, 7) is 6.00. The van der Waals surface area contributed by atoms with Crippen molar-refractivity contribution in [3.05, 3.63) is 229 Å². The third-order valence-electron chi connectivity index (χ3n) is 13.6. The summed E-state index contributed by atoms with van der Waals surface area (Å²) in [7, 11) is -7.03. The van der Waals surface area contributed by atoms with Gasteiger partial charge in [-0.1, -0.05) is 104 Å². The minimum Gasteiger partial charge on any atom is -0.423 e. The zero-order valence-electron chi connectivity index (χ0n) is 45.4. The first-order chi connectivity index (χ1) is 39.9. The van der Waals surface area contributed by atoms with Gasteiger partial charge in [0.2, 0.25) is 5.91 Å². The Morgan fingerprint density at radius 2 is 0.783 bits per heavy atom. The fourth-order valence-corrected chi connectivity index (χ4v) is 9.46. The van der Waals surface area contributed by atoms with Crippen molar-refractivity contribution in [1.29, 1.82) is 0 Å². The van der Waals surface area contributed by atoms with Gasteiger partial charge in [-0.25, -0.2) is 9.13 Å². The van der Waals surface area contributed by atoms with Crippen LogP contribution in [-0.4, -0.2) is 112 Å². The number of carbonyl (C=O) groups is 4. The van der Waals surface area contributed by atoms with Crippen LogP contribution in [0, 0.1) is 0 Å². The molecule has 0 unspecified atom stereocenters. The quantitative estimate of drug-likeness (QED) is 0.00936. The molecule has 4 aromatic carbocycles. The van der Waals surface area contributed by atoms with E-state index in [1.54, 1.807) is 162 Å². The molecule has 0 aliphatic heterocycles. The molecule has 12 N–H and O–H groups in total. The third-order valence-corrected chi connectivity index (χ3v) is 13.6. The van der Waals surface area contributed by atoms with Crippen LogP contribution < -0.4 is 61.4 Å². The largest absolute Gasteiger partial charge is 0.488 e. The Morgan fingerprint density at radius 1 is 0.446 bits per heavy atom. The van der Waals surface area contributed by atoms with Crippen LogP contribution in [0.2, 0.25) is 0 Å². The molecule has 0 atom stereocenters. The predicted octanol–water partition coefficient (Wildman–Crippen LogP) is -3.23. The lowest BCUT2D eigenvalue weighted by atomic mass is 9.77. The lowest BCUT2D eigenvalue weighted by Gasteiger charge is -2.20. The van der Waals surface area contributed by atoms with Crippen molar-refractivity contribution in [2.45, 2.75) is 45.7 Å². The lowest BCUT2D eigenvalue weighted by molar-refractivity contribution is -0.689. The molecule has 8 rings (SSSR count).